The zero-order chi connectivity index (χ0) is 13.4. The van der Waals surface area contributed by atoms with Crippen LogP contribution < -0.4 is 4.90 Å². The Kier molecular flexibility index (Phi) is 2.94. The maximum atomic E-state index is 10.9. The maximum Gasteiger partial charge on any atom is 0.268 e. The van der Waals surface area contributed by atoms with Gasteiger partial charge in [0.2, 0.25) is 0 Å². The summed E-state index contributed by atoms with van der Waals surface area (Å²) in [7, 11) is 0. The Morgan fingerprint density at radius 2 is 2.05 bits per heavy atom. The molecular weight excluding hydrogens is 239 g/mol. The van der Waals surface area contributed by atoms with Gasteiger partial charge in [-0.3, -0.25) is 4.79 Å². The van der Waals surface area contributed by atoms with Crippen molar-refractivity contribution in [1.82, 2.24) is 0 Å². The molecule has 2 aliphatic heterocycles. The van der Waals surface area contributed by atoms with Crippen LogP contribution in [-0.2, 0) is 0 Å². The number of aldehydes is 1. The van der Waals surface area contributed by atoms with E-state index in [0.29, 0.717) is 23.7 Å². The van der Waals surface area contributed by atoms with Crippen molar-refractivity contribution in [3.63, 3.8) is 0 Å². The number of nitrogens with zero attached hydrogens (tertiary/aromatic N) is 2. The van der Waals surface area contributed by atoms with Crippen LogP contribution in [0, 0.1) is 23.1 Å². The molecule has 2 heterocycles. The van der Waals surface area contributed by atoms with E-state index in [1.54, 1.807) is 12.1 Å². The number of phenolic OH excluding ortho intramolecular Hbond substituents is 1. The van der Waals surface area contributed by atoms with Crippen LogP contribution >= 0.6 is 0 Å². The van der Waals surface area contributed by atoms with Gasteiger partial charge in [-0.15, -0.1) is 0 Å². The first-order valence-electron chi connectivity index (χ1n) is 6.64. The number of carbonyl (C=O) groups excluding carboxylic acids is 1. The molecule has 2 aliphatic rings. The number of rotatable bonds is 2. The number of benzene rings is 1. The van der Waals surface area contributed by atoms with Crippen molar-refractivity contribution in [2.24, 2.45) is 11.8 Å². The Labute approximate surface area is 112 Å². The van der Waals surface area contributed by atoms with Crippen LogP contribution in [0.3, 0.4) is 0 Å². The van der Waals surface area contributed by atoms with E-state index in [1.165, 1.54) is 0 Å². The minimum atomic E-state index is 0.0303. The minimum absolute atomic E-state index is 0.0303. The number of hydrogen-bond acceptors (Lipinski definition) is 4. The molecule has 2 unspecified atom stereocenters. The third-order valence-electron chi connectivity index (χ3n) is 4.44. The molecule has 0 aliphatic carbocycles. The first-order valence-corrected chi connectivity index (χ1v) is 6.64. The van der Waals surface area contributed by atoms with Gasteiger partial charge in [-0.25, -0.2) is 5.26 Å². The van der Waals surface area contributed by atoms with Crippen LogP contribution in [0.5, 0.6) is 5.75 Å². The van der Waals surface area contributed by atoms with Gasteiger partial charge in [0, 0.05) is 24.7 Å². The quantitative estimate of drug-likeness (QED) is 0.645. The topological polar surface area (TPSA) is 64.3 Å². The fourth-order valence-electron chi connectivity index (χ4n) is 3.45. The Morgan fingerprint density at radius 1 is 1.37 bits per heavy atom. The van der Waals surface area contributed by atoms with E-state index in [9.17, 15) is 9.90 Å². The van der Waals surface area contributed by atoms with Crippen molar-refractivity contribution in [3.8, 4) is 11.7 Å². The molecule has 4 nitrogen and oxygen atoms in total. The molecule has 1 N–H and O–H groups in total. The summed E-state index contributed by atoms with van der Waals surface area (Å²) >= 11 is 0. The number of phenols is 1. The molecule has 0 saturated carbocycles. The molecule has 5 heteroatoms. The molecule has 2 atom stereocenters. The maximum absolute atomic E-state index is 10.9. The van der Waals surface area contributed by atoms with Crippen LogP contribution in [0.2, 0.25) is 12.6 Å². The molecule has 96 valence electrons. The smallest absolute Gasteiger partial charge is 0.268 e. The lowest BCUT2D eigenvalue weighted by atomic mass is 9.49. The summed E-state index contributed by atoms with van der Waals surface area (Å²) in [6.45, 7) is 2.13. The summed E-state index contributed by atoms with van der Waals surface area (Å²) in [5.74, 6) is 3.60. The van der Waals surface area contributed by atoms with Gasteiger partial charge >= 0.3 is 0 Å². The lowest BCUT2D eigenvalue weighted by Gasteiger charge is -2.20. The number of carbonyl (C=O) groups is 1. The molecule has 0 amide bonds. The molecule has 1 aromatic rings. The van der Waals surface area contributed by atoms with Crippen molar-refractivity contribution >= 4 is 18.7 Å². The highest BCUT2D eigenvalue weighted by atomic mass is 16.3. The summed E-state index contributed by atoms with van der Waals surface area (Å²) in [6.07, 6.45) is 2.67. The number of fused-ring (bicyclic) bond motifs is 1. The van der Waals surface area contributed by atoms with Crippen molar-refractivity contribution in [3.05, 3.63) is 23.8 Å². The van der Waals surface area contributed by atoms with Gasteiger partial charge in [0.05, 0.1) is 5.56 Å². The van der Waals surface area contributed by atoms with E-state index in [0.717, 1.165) is 31.4 Å². The summed E-state index contributed by atoms with van der Waals surface area (Å²) in [6, 6.07) is 5.17. The second-order valence-electron chi connectivity index (χ2n) is 5.58. The Hall–Kier alpha value is -1.96. The van der Waals surface area contributed by atoms with E-state index < -0.39 is 0 Å². The van der Waals surface area contributed by atoms with Gasteiger partial charge in [0.25, 0.3) is 6.71 Å². The highest BCUT2D eigenvalue weighted by Crippen LogP contribution is 2.40. The van der Waals surface area contributed by atoms with Crippen molar-refractivity contribution < 1.29 is 9.90 Å². The lowest BCUT2D eigenvalue weighted by molar-refractivity contribution is 0.112. The average Bonchev–Trinajstić information content (AvgIpc) is 2.97. The van der Waals surface area contributed by atoms with Crippen LogP contribution in [0.15, 0.2) is 18.2 Å². The molecule has 19 heavy (non-hydrogen) atoms. The van der Waals surface area contributed by atoms with Crippen LogP contribution in [0.1, 0.15) is 10.4 Å². The molecule has 3 rings (SSSR count). The van der Waals surface area contributed by atoms with E-state index in [-0.39, 0.29) is 12.5 Å². The van der Waals surface area contributed by atoms with E-state index in [1.807, 2.05) is 6.07 Å². The first-order chi connectivity index (χ1) is 9.21. The third kappa shape index (κ3) is 2.08. The average molecular weight is 254 g/mol. The molecule has 0 spiro atoms. The van der Waals surface area contributed by atoms with Crippen LogP contribution in [-0.4, -0.2) is 31.2 Å². The summed E-state index contributed by atoms with van der Waals surface area (Å²) < 4.78 is 0. The van der Waals surface area contributed by atoms with Gasteiger partial charge in [-0.2, -0.15) is 0 Å². The summed E-state index contributed by atoms with van der Waals surface area (Å²) in [4.78, 5) is 13.1. The molecular formula is C14H15BN2O2. The number of nitriles is 1. The zero-order valence-corrected chi connectivity index (χ0v) is 10.6. The van der Waals surface area contributed by atoms with E-state index in [4.69, 9.17) is 5.26 Å². The zero-order valence-electron chi connectivity index (χ0n) is 10.6. The Bertz CT molecular complexity index is 541. The largest absolute Gasteiger partial charge is 0.507 e. The SMILES string of the molecule is N#CB1CC2CN(c3ccc(O)c(C=O)c3)CC2C1. The fourth-order valence-corrected chi connectivity index (χ4v) is 3.45. The highest BCUT2D eigenvalue weighted by molar-refractivity contribution is 6.67. The van der Waals surface area contributed by atoms with Gasteiger partial charge < -0.3 is 10.0 Å². The summed E-state index contributed by atoms with van der Waals surface area (Å²) in [5, 5.41) is 18.5. The Morgan fingerprint density at radius 3 is 2.63 bits per heavy atom. The fraction of sp³-hybridized carbons (Fsp3) is 0.429. The molecule has 2 saturated heterocycles. The van der Waals surface area contributed by atoms with Gasteiger partial charge in [-0.05, 0) is 30.0 Å². The van der Waals surface area contributed by atoms with Gasteiger partial charge in [0.1, 0.15) is 5.75 Å². The molecule has 1 aromatic carbocycles. The first kappa shape index (κ1) is 12.1. The van der Waals surface area contributed by atoms with Crippen molar-refractivity contribution in [1.29, 1.82) is 5.26 Å². The van der Waals surface area contributed by atoms with Crippen LogP contribution in [0.25, 0.3) is 0 Å². The predicted molar refractivity (Wildman–Crippen MR) is 73.7 cm³/mol. The molecule has 0 aromatic heterocycles. The Balaban J connectivity index is 1.76. The predicted octanol–water partition coefficient (Wildman–Crippen LogP) is 1.83. The van der Waals surface area contributed by atoms with E-state index in [2.05, 4.69) is 10.9 Å². The normalized spacial score (nSPS) is 25.2. The van der Waals surface area contributed by atoms with Crippen LogP contribution in [0.4, 0.5) is 5.69 Å². The van der Waals surface area contributed by atoms with Crippen molar-refractivity contribution in [2.45, 2.75) is 12.6 Å². The second-order valence-corrected chi connectivity index (χ2v) is 5.58. The molecule has 0 radical (unpaired) electrons. The summed E-state index contributed by atoms with van der Waals surface area (Å²) in [5.41, 5.74) is 1.33. The van der Waals surface area contributed by atoms with E-state index >= 15 is 0 Å². The minimum Gasteiger partial charge on any atom is -0.507 e. The van der Waals surface area contributed by atoms with Crippen molar-refractivity contribution in [2.75, 3.05) is 18.0 Å². The van der Waals surface area contributed by atoms with Gasteiger partial charge in [-0.1, -0.05) is 12.6 Å². The monoisotopic (exact) mass is 254 g/mol. The molecule has 2 fully saturated rings. The molecule has 0 bridgehead atoms. The standard InChI is InChI=1S/C14H15BN2O2/c16-9-15-4-11-6-17(7-12(11)5-15)13-1-2-14(19)10(3-13)8-18/h1-3,8,11-12,19H,4-7H2. The van der Waals surface area contributed by atoms with Gasteiger partial charge in [0.15, 0.2) is 6.29 Å². The number of hydrogen-bond donors (Lipinski definition) is 1. The second kappa shape index (κ2) is 4.62. The number of aromatic hydroxyl groups is 1. The lowest BCUT2D eigenvalue weighted by Crippen LogP contribution is -2.22. The highest BCUT2D eigenvalue weighted by Gasteiger charge is 2.42. The number of anilines is 1. The third-order valence-corrected chi connectivity index (χ3v) is 4.44.